The summed E-state index contributed by atoms with van der Waals surface area (Å²) in [6.07, 6.45) is 2.27. The van der Waals surface area contributed by atoms with E-state index in [1.807, 2.05) is 0 Å². The number of hydrogen-bond acceptors (Lipinski definition) is 2. The summed E-state index contributed by atoms with van der Waals surface area (Å²) >= 11 is 0. The van der Waals surface area contributed by atoms with E-state index in [2.05, 4.69) is 15.6 Å². The number of nitrogens with zero attached hydrogens (tertiary/aromatic N) is 1. The summed E-state index contributed by atoms with van der Waals surface area (Å²) in [5.41, 5.74) is 0.943. The van der Waals surface area contributed by atoms with Crippen LogP contribution in [0.5, 0.6) is 0 Å². The molecule has 0 bridgehead atoms. The summed E-state index contributed by atoms with van der Waals surface area (Å²) < 4.78 is 18.3. The Kier molecular flexibility index (Phi) is 4.74. The van der Waals surface area contributed by atoms with E-state index in [0.717, 1.165) is 11.5 Å². The van der Waals surface area contributed by atoms with Gasteiger partial charge in [-0.25, -0.2) is 4.39 Å². The van der Waals surface area contributed by atoms with Gasteiger partial charge in [0.05, 0.1) is 6.10 Å². The zero-order chi connectivity index (χ0) is 13.7. The number of guanidine groups is 1. The lowest BCUT2D eigenvalue weighted by Crippen LogP contribution is -2.40. The first-order chi connectivity index (χ1) is 9.22. The van der Waals surface area contributed by atoms with Gasteiger partial charge in [0.2, 0.25) is 0 Å². The summed E-state index contributed by atoms with van der Waals surface area (Å²) in [4.78, 5) is 4.16. The van der Waals surface area contributed by atoms with Crippen molar-refractivity contribution in [1.82, 2.24) is 10.6 Å². The second-order valence-electron chi connectivity index (χ2n) is 4.65. The zero-order valence-electron chi connectivity index (χ0n) is 11.3. The van der Waals surface area contributed by atoms with Crippen molar-refractivity contribution in [3.8, 4) is 0 Å². The largest absolute Gasteiger partial charge is 0.375 e. The fourth-order valence-corrected chi connectivity index (χ4v) is 1.82. The molecule has 1 atom stereocenters. The summed E-state index contributed by atoms with van der Waals surface area (Å²) in [5.74, 6) is 0.546. The Morgan fingerprint density at radius 1 is 1.42 bits per heavy atom. The fraction of sp³-hybridized carbons (Fsp3) is 0.500. The van der Waals surface area contributed by atoms with Gasteiger partial charge in [0, 0.05) is 26.7 Å². The molecule has 0 radical (unpaired) electrons. The smallest absolute Gasteiger partial charge is 0.191 e. The van der Waals surface area contributed by atoms with Crippen molar-refractivity contribution in [1.29, 1.82) is 0 Å². The van der Waals surface area contributed by atoms with Crippen LogP contribution in [0.3, 0.4) is 0 Å². The molecule has 1 aromatic carbocycles. The van der Waals surface area contributed by atoms with Gasteiger partial charge in [0.15, 0.2) is 5.96 Å². The molecule has 0 aromatic heterocycles. The molecule has 0 heterocycles. The molecular weight excluding hydrogens is 245 g/mol. The molecule has 104 valence electrons. The molecule has 0 aliphatic heterocycles. The molecule has 1 saturated carbocycles. The number of halogens is 1. The van der Waals surface area contributed by atoms with Gasteiger partial charge in [-0.2, -0.15) is 0 Å². The van der Waals surface area contributed by atoms with Gasteiger partial charge in [0.1, 0.15) is 5.82 Å². The van der Waals surface area contributed by atoms with Crippen LogP contribution in [0.4, 0.5) is 4.39 Å². The Labute approximate surface area is 113 Å². The Morgan fingerprint density at radius 2 is 2.11 bits per heavy atom. The number of benzene rings is 1. The van der Waals surface area contributed by atoms with Crippen LogP contribution in [0, 0.1) is 5.82 Å². The molecule has 0 spiro atoms. The second-order valence-corrected chi connectivity index (χ2v) is 4.65. The Balaban J connectivity index is 1.89. The van der Waals surface area contributed by atoms with Crippen LogP contribution in [0.2, 0.25) is 0 Å². The number of nitrogens with one attached hydrogen (secondary N) is 2. The van der Waals surface area contributed by atoms with Crippen LogP contribution >= 0.6 is 0 Å². The molecule has 1 unspecified atom stereocenters. The van der Waals surface area contributed by atoms with Crippen molar-refractivity contribution in [2.24, 2.45) is 4.99 Å². The van der Waals surface area contributed by atoms with E-state index >= 15 is 0 Å². The van der Waals surface area contributed by atoms with Gasteiger partial charge < -0.3 is 15.4 Å². The maximum Gasteiger partial charge on any atom is 0.191 e. The highest BCUT2D eigenvalue weighted by molar-refractivity contribution is 5.80. The minimum Gasteiger partial charge on any atom is -0.375 e. The van der Waals surface area contributed by atoms with Crippen molar-refractivity contribution < 1.29 is 9.13 Å². The monoisotopic (exact) mass is 265 g/mol. The van der Waals surface area contributed by atoms with Gasteiger partial charge in [-0.05, 0) is 30.5 Å². The third-order valence-corrected chi connectivity index (χ3v) is 3.12. The van der Waals surface area contributed by atoms with Crippen LogP contribution in [-0.4, -0.2) is 32.7 Å². The van der Waals surface area contributed by atoms with Crippen LogP contribution in [0.25, 0.3) is 0 Å². The first kappa shape index (κ1) is 13.8. The molecule has 2 rings (SSSR count). The van der Waals surface area contributed by atoms with Gasteiger partial charge in [-0.1, -0.05) is 12.1 Å². The number of rotatable bonds is 5. The maximum absolute atomic E-state index is 12.9. The van der Waals surface area contributed by atoms with Crippen molar-refractivity contribution in [3.05, 3.63) is 35.6 Å². The molecular formula is C14H20FN3O. The van der Waals surface area contributed by atoms with Crippen molar-refractivity contribution >= 4 is 5.96 Å². The van der Waals surface area contributed by atoms with Crippen LogP contribution in [-0.2, 0) is 4.74 Å². The lowest BCUT2D eigenvalue weighted by Gasteiger charge is -2.18. The second kappa shape index (κ2) is 6.52. The van der Waals surface area contributed by atoms with Gasteiger partial charge in [0.25, 0.3) is 0 Å². The molecule has 1 aromatic rings. The SMILES string of the molecule is CN=C(NCC(OC)c1ccc(F)cc1)NC1CC1. The van der Waals surface area contributed by atoms with E-state index in [-0.39, 0.29) is 11.9 Å². The van der Waals surface area contributed by atoms with Crippen molar-refractivity contribution in [2.45, 2.75) is 25.0 Å². The average Bonchev–Trinajstić information content (AvgIpc) is 3.24. The first-order valence-corrected chi connectivity index (χ1v) is 6.48. The van der Waals surface area contributed by atoms with Crippen molar-refractivity contribution in [2.75, 3.05) is 20.7 Å². The first-order valence-electron chi connectivity index (χ1n) is 6.48. The van der Waals surface area contributed by atoms with Crippen LogP contribution in [0.1, 0.15) is 24.5 Å². The highest BCUT2D eigenvalue weighted by atomic mass is 19.1. The topological polar surface area (TPSA) is 45.7 Å². The maximum atomic E-state index is 12.9. The van der Waals surface area contributed by atoms with Gasteiger partial charge >= 0.3 is 0 Å². The molecule has 0 amide bonds. The lowest BCUT2D eigenvalue weighted by atomic mass is 10.1. The van der Waals surface area contributed by atoms with Crippen LogP contribution in [0.15, 0.2) is 29.3 Å². The summed E-state index contributed by atoms with van der Waals surface area (Å²) in [6, 6.07) is 6.92. The normalized spacial score (nSPS) is 17.1. The quantitative estimate of drug-likeness (QED) is 0.631. The Bertz CT molecular complexity index is 429. The standard InChI is InChI=1S/C14H20FN3O/c1-16-14(18-12-7-8-12)17-9-13(19-2)10-3-5-11(15)6-4-10/h3-6,12-13H,7-9H2,1-2H3,(H2,16,17,18). The Hall–Kier alpha value is -1.62. The lowest BCUT2D eigenvalue weighted by molar-refractivity contribution is 0.106. The van der Waals surface area contributed by atoms with Gasteiger partial charge in [-0.3, -0.25) is 4.99 Å². The average molecular weight is 265 g/mol. The Morgan fingerprint density at radius 3 is 2.63 bits per heavy atom. The van der Waals surface area contributed by atoms with E-state index in [0.29, 0.717) is 12.6 Å². The van der Waals surface area contributed by atoms with Gasteiger partial charge in [-0.15, -0.1) is 0 Å². The molecule has 1 aliphatic carbocycles. The minimum atomic E-state index is -0.238. The predicted octanol–water partition coefficient (Wildman–Crippen LogP) is 1.84. The van der Waals surface area contributed by atoms with E-state index < -0.39 is 0 Å². The molecule has 5 heteroatoms. The van der Waals surface area contributed by atoms with Crippen molar-refractivity contribution in [3.63, 3.8) is 0 Å². The number of aliphatic imine (C=N–C) groups is 1. The molecule has 0 saturated heterocycles. The van der Waals surface area contributed by atoms with E-state index in [9.17, 15) is 4.39 Å². The van der Waals surface area contributed by atoms with Crippen LogP contribution < -0.4 is 10.6 Å². The van der Waals surface area contributed by atoms with E-state index in [1.165, 1.54) is 25.0 Å². The fourth-order valence-electron chi connectivity index (χ4n) is 1.82. The molecule has 2 N–H and O–H groups in total. The molecule has 4 nitrogen and oxygen atoms in total. The summed E-state index contributed by atoms with van der Waals surface area (Å²) in [6.45, 7) is 0.592. The van der Waals surface area contributed by atoms with E-state index in [4.69, 9.17) is 4.74 Å². The number of hydrogen-bond donors (Lipinski definition) is 2. The summed E-state index contributed by atoms with van der Waals surface area (Å²) in [7, 11) is 3.39. The third kappa shape index (κ3) is 4.21. The van der Waals surface area contributed by atoms with E-state index in [1.54, 1.807) is 26.3 Å². The summed E-state index contributed by atoms with van der Waals surface area (Å²) in [5, 5.41) is 6.53. The zero-order valence-corrected chi connectivity index (χ0v) is 11.3. The molecule has 19 heavy (non-hydrogen) atoms. The molecule has 1 aliphatic rings. The highest BCUT2D eigenvalue weighted by Gasteiger charge is 2.22. The highest BCUT2D eigenvalue weighted by Crippen LogP contribution is 2.19. The number of methoxy groups -OCH3 is 1. The third-order valence-electron chi connectivity index (χ3n) is 3.12. The minimum absolute atomic E-state index is 0.127. The predicted molar refractivity (Wildman–Crippen MR) is 73.7 cm³/mol. The number of ether oxygens (including phenoxy) is 1. The molecule has 1 fully saturated rings.